The zero-order valence-electron chi connectivity index (χ0n) is 15.9. The van der Waals surface area contributed by atoms with Crippen LogP contribution in [0.1, 0.15) is 49.4 Å². The topological polar surface area (TPSA) is 86.9 Å². The van der Waals surface area contributed by atoms with Crippen LogP contribution in [0, 0.1) is 0 Å². The SMILES string of the molecule is CC(=O)Nc1ccc2nc(-c3ccc(C(=O)NC4CCCCC4)cc3)[nH]c2c1. The van der Waals surface area contributed by atoms with Gasteiger partial charge in [0.2, 0.25) is 5.91 Å². The van der Waals surface area contributed by atoms with Gasteiger partial charge in [-0.3, -0.25) is 9.59 Å². The summed E-state index contributed by atoms with van der Waals surface area (Å²) in [5.41, 5.74) is 3.97. The van der Waals surface area contributed by atoms with Gasteiger partial charge in [0.15, 0.2) is 0 Å². The molecule has 0 radical (unpaired) electrons. The molecule has 1 aromatic heterocycles. The lowest BCUT2D eigenvalue weighted by Gasteiger charge is -2.22. The van der Waals surface area contributed by atoms with Crippen molar-refractivity contribution in [3.05, 3.63) is 48.0 Å². The predicted octanol–water partition coefficient (Wildman–Crippen LogP) is 4.25. The highest BCUT2D eigenvalue weighted by atomic mass is 16.2. The zero-order chi connectivity index (χ0) is 19.5. The van der Waals surface area contributed by atoms with Crippen molar-refractivity contribution in [2.75, 3.05) is 5.32 Å². The Morgan fingerprint density at radius 3 is 2.50 bits per heavy atom. The normalized spacial score (nSPS) is 14.8. The van der Waals surface area contributed by atoms with Crippen molar-refractivity contribution in [1.29, 1.82) is 0 Å². The van der Waals surface area contributed by atoms with Crippen molar-refractivity contribution in [1.82, 2.24) is 15.3 Å². The predicted molar refractivity (Wildman–Crippen MR) is 110 cm³/mol. The van der Waals surface area contributed by atoms with Crippen LogP contribution < -0.4 is 10.6 Å². The van der Waals surface area contributed by atoms with E-state index >= 15 is 0 Å². The molecule has 4 rings (SSSR count). The molecule has 1 fully saturated rings. The highest BCUT2D eigenvalue weighted by Crippen LogP contribution is 2.24. The third-order valence-corrected chi connectivity index (χ3v) is 5.16. The molecule has 2 amide bonds. The van der Waals surface area contributed by atoms with Crippen LogP contribution in [0.3, 0.4) is 0 Å². The van der Waals surface area contributed by atoms with Crippen LogP contribution in [0.2, 0.25) is 0 Å². The van der Waals surface area contributed by atoms with E-state index in [1.807, 2.05) is 42.5 Å². The van der Waals surface area contributed by atoms with Crippen molar-refractivity contribution >= 4 is 28.5 Å². The summed E-state index contributed by atoms with van der Waals surface area (Å²) < 4.78 is 0. The van der Waals surface area contributed by atoms with E-state index in [0.29, 0.717) is 11.6 Å². The van der Waals surface area contributed by atoms with Crippen molar-refractivity contribution < 1.29 is 9.59 Å². The van der Waals surface area contributed by atoms with Crippen LogP contribution in [0.25, 0.3) is 22.4 Å². The number of benzene rings is 2. The first-order valence-corrected chi connectivity index (χ1v) is 9.77. The zero-order valence-corrected chi connectivity index (χ0v) is 15.9. The van der Waals surface area contributed by atoms with Gasteiger partial charge < -0.3 is 15.6 Å². The van der Waals surface area contributed by atoms with E-state index < -0.39 is 0 Å². The smallest absolute Gasteiger partial charge is 0.251 e. The molecule has 0 bridgehead atoms. The Kier molecular flexibility index (Phi) is 5.10. The van der Waals surface area contributed by atoms with Gasteiger partial charge in [0.05, 0.1) is 11.0 Å². The molecule has 1 aliphatic carbocycles. The summed E-state index contributed by atoms with van der Waals surface area (Å²) >= 11 is 0. The van der Waals surface area contributed by atoms with Gasteiger partial charge in [0.1, 0.15) is 5.82 Å². The summed E-state index contributed by atoms with van der Waals surface area (Å²) in [6.07, 6.45) is 5.80. The maximum Gasteiger partial charge on any atom is 0.251 e. The first kappa shape index (κ1) is 18.2. The van der Waals surface area contributed by atoms with E-state index in [-0.39, 0.29) is 11.8 Å². The number of aromatic nitrogens is 2. The molecule has 144 valence electrons. The number of H-pyrrole nitrogens is 1. The van der Waals surface area contributed by atoms with E-state index in [2.05, 4.69) is 20.6 Å². The van der Waals surface area contributed by atoms with Gasteiger partial charge in [-0.25, -0.2) is 4.98 Å². The Morgan fingerprint density at radius 1 is 1.04 bits per heavy atom. The van der Waals surface area contributed by atoms with Crippen LogP contribution in [-0.4, -0.2) is 27.8 Å². The third-order valence-electron chi connectivity index (χ3n) is 5.16. The van der Waals surface area contributed by atoms with Gasteiger partial charge in [-0.15, -0.1) is 0 Å². The van der Waals surface area contributed by atoms with E-state index in [4.69, 9.17) is 0 Å². The quantitative estimate of drug-likeness (QED) is 0.636. The van der Waals surface area contributed by atoms with Crippen LogP contribution >= 0.6 is 0 Å². The van der Waals surface area contributed by atoms with Gasteiger partial charge in [-0.1, -0.05) is 31.4 Å². The van der Waals surface area contributed by atoms with Gasteiger partial charge in [-0.2, -0.15) is 0 Å². The van der Waals surface area contributed by atoms with Crippen LogP contribution in [0.5, 0.6) is 0 Å². The number of rotatable bonds is 4. The average molecular weight is 376 g/mol. The van der Waals surface area contributed by atoms with Gasteiger partial charge >= 0.3 is 0 Å². The number of hydrogen-bond acceptors (Lipinski definition) is 3. The fourth-order valence-electron chi connectivity index (χ4n) is 3.72. The molecule has 6 nitrogen and oxygen atoms in total. The first-order chi connectivity index (χ1) is 13.6. The van der Waals surface area contributed by atoms with Crippen molar-refractivity contribution in [2.24, 2.45) is 0 Å². The minimum absolute atomic E-state index is 0.0111. The molecule has 0 saturated heterocycles. The monoisotopic (exact) mass is 376 g/mol. The molecular formula is C22H24N4O2. The number of carbonyl (C=O) groups excluding carboxylic acids is 2. The highest BCUT2D eigenvalue weighted by Gasteiger charge is 2.16. The number of hydrogen-bond donors (Lipinski definition) is 3. The summed E-state index contributed by atoms with van der Waals surface area (Å²) in [5, 5.41) is 5.91. The second-order valence-electron chi connectivity index (χ2n) is 7.38. The van der Waals surface area contributed by atoms with Gasteiger partial charge in [-0.05, 0) is 43.2 Å². The minimum Gasteiger partial charge on any atom is -0.349 e. The molecule has 1 saturated carbocycles. The van der Waals surface area contributed by atoms with E-state index in [9.17, 15) is 9.59 Å². The molecule has 6 heteroatoms. The van der Waals surface area contributed by atoms with E-state index in [1.165, 1.54) is 26.2 Å². The summed E-state index contributed by atoms with van der Waals surface area (Å²) in [6, 6.07) is 13.3. The Morgan fingerprint density at radius 2 is 1.79 bits per heavy atom. The fourth-order valence-corrected chi connectivity index (χ4v) is 3.72. The van der Waals surface area contributed by atoms with E-state index in [1.54, 1.807) is 0 Å². The maximum atomic E-state index is 12.5. The molecule has 0 atom stereocenters. The van der Waals surface area contributed by atoms with Crippen LogP contribution in [-0.2, 0) is 4.79 Å². The number of amides is 2. The van der Waals surface area contributed by atoms with Crippen molar-refractivity contribution in [3.63, 3.8) is 0 Å². The molecule has 0 aliphatic heterocycles. The number of nitrogens with zero attached hydrogens (tertiary/aromatic N) is 1. The summed E-state index contributed by atoms with van der Waals surface area (Å²) in [4.78, 5) is 31.6. The Labute approximate surface area is 163 Å². The summed E-state index contributed by atoms with van der Waals surface area (Å²) in [7, 11) is 0. The number of nitrogens with one attached hydrogen (secondary N) is 3. The number of aromatic amines is 1. The average Bonchev–Trinajstić information content (AvgIpc) is 3.12. The second-order valence-corrected chi connectivity index (χ2v) is 7.38. The molecule has 0 spiro atoms. The van der Waals surface area contributed by atoms with Crippen molar-refractivity contribution in [3.8, 4) is 11.4 Å². The molecule has 3 N–H and O–H groups in total. The second kappa shape index (κ2) is 7.84. The first-order valence-electron chi connectivity index (χ1n) is 9.77. The number of imidazole rings is 1. The maximum absolute atomic E-state index is 12.5. The highest BCUT2D eigenvalue weighted by molar-refractivity contribution is 5.95. The Bertz CT molecular complexity index is 1000. The van der Waals surface area contributed by atoms with Crippen LogP contribution in [0.4, 0.5) is 5.69 Å². The molecule has 2 aromatic carbocycles. The molecule has 3 aromatic rings. The molecular weight excluding hydrogens is 352 g/mol. The lowest BCUT2D eigenvalue weighted by atomic mass is 9.95. The Hall–Kier alpha value is -3.15. The van der Waals surface area contributed by atoms with Gasteiger partial charge in [0.25, 0.3) is 5.91 Å². The number of carbonyl (C=O) groups is 2. The van der Waals surface area contributed by atoms with Gasteiger partial charge in [0, 0.05) is 29.8 Å². The number of fused-ring (bicyclic) bond motifs is 1. The lowest BCUT2D eigenvalue weighted by molar-refractivity contribution is -0.114. The van der Waals surface area contributed by atoms with Crippen LogP contribution in [0.15, 0.2) is 42.5 Å². The molecule has 0 unspecified atom stereocenters. The van der Waals surface area contributed by atoms with E-state index in [0.717, 1.165) is 41.0 Å². The standard InChI is InChI=1S/C22H24N4O2/c1-14(27)23-18-11-12-19-20(13-18)26-21(25-19)15-7-9-16(10-8-15)22(28)24-17-5-3-2-4-6-17/h7-13,17H,2-6H2,1H3,(H,23,27)(H,24,28)(H,25,26). The molecule has 28 heavy (non-hydrogen) atoms. The number of anilines is 1. The molecule has 1 heterocycles. The van der Waals surface area contributed by atoms with Crippen molar-refractivity contribution in [2.45, 2.75) is 45.1 Å². The lowest BCUT2D eigenvalue weighted by Crippen LogP contribution is -2.36. The largest absolute Gasteiger partial charge is 0.349 e. The molecule has 1 aliphatic rings. The third kappa shape index (κ3) is 4.06. The summed E-state index contributed by atoms with van der Waals surface area (Å²) in [6.45, 7) is 1.48. The Balaban J connectivity index is 1.50. The summed E-state index contributed by atoms with van der Waals surface area (Å²) in [5.74, 6) is 0.610. The fraction of sp³-hybridized carbons (Fsp3) is 0.318. The minimum atomic E-state index is -0.110.